The highest BCUT2D eigenvalue weighted by Crippen LogP contribution is 2.26. The third kappa shape index (κ3) is 4.54. The molecule has 0 aliphatic heterocycles. The molecule has 1 amide bonds. The summed E-state index contributed by atoms with van der Waals surface area (Å²) in [4.78, 5) is 16.5. The Kier molecular flexibility index (Phi) is 5.63. The number of benzene rings is 2. The lowest BCUT2D eigenvalue weighted by molar-refractivity contribution is -0.113. The number of nitrogens with one attached hydrogen (secondary N) is 2. The summed E-state index contributed by atoms with van der Waals surface area (Å²) >= 11 is 13.2. The van der Waals surface area contributed by atoms with E-state index in [-0.39, 0.29) is 11.7 Å². The molecule has 0 unspecified atom stereocenters. The average Bonchev–Trinajstić information content (AvgIpc) is 3.05. The summed E-state index contributed by atoms with van der Waals surface area (Å²) in [5.74, 6) is 0.628. The SMILES string of the molecule is Cc1ccccc1-c1nc(SCC(=O)Nc2cc(Cl)ccc2Cl)n[nH]1. The molecule has 8 heteroatoms. The smallest absolute Gasteiger partial charge is 0.234 e. The van der Waals surface area contributed by atoms with Crippen LogP contribution >= 0.6 is 35.0 Å². The van der Waals surface area contributed by atoms with Gasteiger partial charge in [0.05, 0.1) is 16.5 Å². The summed E-state index contributed by atoms with van der Waals surface area (Å²) in [6, 6.07) is 12.8. The number of carbonyl (C=O) groups excluding carboxylic acids is 1. The number of amides is 1. The molecule has 1 heterocycles. The molecule has 0 bridgehead atoms. The Morgan fingerprint density at radius 1 is 1.24 bits per heavy atom. The van der Waals surface area contributed by atoms with Crippen LogP contribution in [0.15, 0.2) is 47.6 Å². The molecule has 0 aliphatic carbocycles. The predicted octanol–water partition coefficient (Wildman–Crippen LogP) is 4.82. The van der Waals surface area contributed by atoms with Crippen molar-refractivity contribution in [3.8, 4) is 11.4 Å². The van der Waals surface area contributed by atoms with Crippen LogP contribution in [-0.2, 0) is 4.79 Å². The summed E-state index contributed by atoms with van der Waals surface area (Å²) in [6.07, 6.45) is 0. The summed E-state index contributed by atoms with van der Waals surface area (Å²) in [5.41, 5.74) is 2.57. The van der Waals surface area contributed by atoms with Crippen LogP contribution in [0.3, 0.4) is 0 Å². The summed E-state index contributed by atoms with van der Waals surface area (Å²) < 4.78 is 0. The highest BCUT2D eigenvalue weighted by molar-refractivity contribution is 7.99. The molecule has 0 fully saturated rings. The van der Waals surface area contributed by atoms with E-state index in [4.69, 9.17) is 23.2 Å². The van der Waals surface area contributed by atoms with Crippen molar-refractivity contribution in [2.45, 2.75) is 12.1 Å². The van der Waals surface area contributed by atoms with Crippen molar-refractivity contribution in [1.82, 2.24) is 15.2 Å². The first-order valence-corrected chi connectivity index (χ1v) is 9.13. The van der Waals surface area contributed by atoms with Crippen molar-refractivity contribution >= 4 is 46.6 Å². The van der Waals surface area contributed by atoms with Gasteiger partial charge in [-0.2, -0.15) is 0 Å². The minimum atomic E-state index is -0.212. The van der Waals surface area contributed by atoms with E-state index in [1.54, 1.807) is 18.2 Å². The van der Waals surface area contributed by atoms with Crippen LogP contribution in [0, 0.1) is 6.92 Å². The number of rotatable bonds is 5. The number of carbonyl (C=O) groups is 1. The highest BCUT2D eigenvalue weighted by atomic mass is 35.5. The Morgan fingerprint density at radius 2 is 2.04 bits per heavy atom. The number of hydrogen-bond donors (Lipinski definition) is 2. The second-order valence-electron chi connectivity index (χ2n) is 5.24. The van der Waals surface area contributed by atoms with Gasteiger partial charge in [-0.3, -0.25) is 9.89 Å². The normalized spacial score (nSPS) is 10.7. The second-order valence-corrected chi connectivity index (χ2v) is 7.03. The lowest BCUT2D eigenvalue weighted by Gasteiger charge is -2.06. The number of hydrogen-bond acceptors (Lipinski definition) is 4. The van der Waals surface area contributed by atoms with Gasteiger partial charge in [-0.15, -0.1) is 5.10 Å². The monoisotopic (exact) mass is 392 g/mol. The van der Waals surface area contributed by atoms with Crippen LogP contribution in [0.25, 0.3) is 11.4 Å². The van der Waals surface area contributed by atoms with Crippen LogP contribution < -0.4 is 5.32 Å². The van der Waals surface area contributed by atoms with Gasteiger partial charge in [0.2, 0.25) is 11.1 Å². The zero-order chi connectivity index (χ0) is 17.8. The number of halogens is 2. The Bertz CT molecular complexity index is 913. The molecule has 25 heavy (non-hydrogen) atoms. The largest absolute Gasteiger partial charge is 0.324 e. The van der Waals surface area contributed by atoms with Crippen LogP contribution in [0.4, 0.5) is 5.69 Å². The Balaban J connectivity index is 1.61. The number of aryl methyl sites for hydroxylation is 1. The molecule has 2 N–H and O–H groups in total. The molecule has 0 saturated heterocycles. The van der Waals surface area contributed by atoms with E-state index in [0.29, 0.717) is 26.7 Å². The van der Waals surface area contributed by atoms with Gasteiger partial charge in [0, 0.05) is 10.6 Å². The van der Waals surface area contributed by atoms with E-state index in [0.717, 1.165) is 11.1 Å². The Hall–Kier alpha value is -2.02. The Labute approximate surface area is 159 Å². The van der Waals surface area contributed by atoms with Gasteiger partial charge in [0.25, 0.3) is 0 Å². The minimum absolute atomic E-state index is 0.161. The molecule has 3 rings (SSSR count). The van der Waals surface area contributed by atoms with E-state index in [9.17, 15) is 4.79 Å². The number of thioether (sulfide) groups is 1. The zero-order valence-electron chi connectivity index (χ0n) is 13.2. The average molecular weight is 393 g/mol. The van der Waals surface area contributed by atoms with Crippen LogP contribution in [0.2, 0.25) is 10.0 Å². The van der Waals surface area contributed by atoms with E-state index in [1.807, 2.05) is 31.2 Å². The third-order valence-corrected chi connectivity index (χ3v) is 4.81. The molecular formula is C17H14Cl2N4OS. The van der Waals surface area contributed by atoms with Crippen LogP contribution in [0.5, 0.6) is 0 Å². The molecule has 1 aromatic heterocycles. The van der Waals surface area contributed by atoms with Crippen molar-refractivity contribution in [1.29, 1.82) is 0 Å². The van der Waals surface area contributed by atoms with Gasteiger partial charge < -0.3 is 5.32 Å². The third-order valence-electron chi connectivity index (χ3n) is 3.40. The van der Waals surface area contributed by atoms with Gasteiger partial charge in [-0.05, 0) is 30.7 Å². The second kappa shape index (κ2) is 7.91. The molecule has 0 spiro atoms. The van der Waals surface area contributed by atoms with Gasteiger partial charge in [0.15, 0.2) is 5.82 Å². The first kappa shape index (κ1) is 17.8. The quantitative estimate of drug-likeness (QED) is 0.610. The maximum atomic E-state index is 12.1. The highest BCUT2D eigenvalue weighted by Gasteiger charge is 2.11. The van der Waals surface area contributed by atoms with Gasteiger partial charge >= 0.3 is 0 Å². The molecule has 0 atom stereocenters. The fourth-order valence-electron chi connectivity index (χ4n) is 2.18. The van der Waals surface area contributed by atoms with E-state index in [1.165, 1.54) is 11.8 Å². The fourth-order valence-corrected chi connectivity index (χ4v) is 3.11. The number of nitrogens with zero attached hydrogens (tertiary/aromatic N) is 2. The fraction of sp³-hybridized carbons (Fsp3) is 0.118. The van der Waals surface area contributed by atoms with Crippen LogP contribution in [-0.4, -0.2) is 26.8 Å². The molecule has 3 aromatic rings. The van der Waals surface area contributed by atoms with E-state index < -0.39 is 0 Å². The predicted molar refractivity (Wildman–Crippen MR) is 102 cm³/mol. The minimum Gasteiger partial charge on any atom is -0.324 e. The van der Waals surface area contributed by atoms with Crippen molar-refractivity contribution in [3.63, 3.8) is 0 Å². The summed E-state index contributed by atoms with van der Waals surface area (Å²) in [5, 5.41) is 11.2. The van der Waals surface area contributed by atoms with Crippen molar-refractivity contribution in [2.75, 3.05) is 11.1 Å². The maximum absolute atomic E-state index is 12.1. The van der Waals surface area contributed by atoms with E-state index in [2.05, 4.69) is 20.5 Å². The number of H-pyrrole nitrogens is 1. The Morgan fingerprint density at radius 3 is 2.84 bits per heavy atom. The van der Waals surface area contributed by atoms with Crippen molar-refractivity contribution in [3.05, 3.63) is 58.1 Å². The van der Waals surface area contributed by atoms with Gasteiger partial charge in [0.1, 0.15) is 0 Å². The zero-order valence-corrected chi connectivity index (χ0v) is 15.5. The lowest BCUT2D eigenvalue weighted by Crippen LogP contribution is -2.14. The first-order valence-electron chi connectivity index (χ1n) is 7.39. The molecule has 128 valence electrons. The summed E-state index contributed by atoms with van der Waals surface area (Å²) in [6.45, 7) is 2.01. The topological polar surface area (TPSA) is 70.7 Å². The number of aromatic amines is 1. The summed E-state index contributed by atoms with van der Waals surface area (Å²) in [7, 11) is 0. The first-order chi connectivity index (χ1) is 12.0. The van der Waals surface area contributed by atoms with Crippen molar-refractivity contribution in [2.24, 2.45) is 0 Å². The standard InChI is InChI=1S/C17H14Cl2N4OS/c1-10-4-2-3-5-12(10)16-21-17(23-22-16)25-9-15(24)20-14-8-11(18)6-7-13(14)19/h2-8H,9H2,1H3,(H,20,24)(H,21,22,23). The molecule has 0 radical (unpaired) electrons. The maximum Gasteiger partial charge on any atom is 0.234 e. The molecular weight excluding hydrogens is 379 g/mol. The van der Waals surface area contributed by atoms with Gasteiger partial charge in [-0.25, -0.2) is 4.98 Å². The lowest BCUT2D eigenvalue weighted by atomic mass is 10.1. The van der Waals surface area contributed by atoms with Crippen molar-refractivity contribution < 1.29 is 4.79 Å². The molecule has 0 aliphatic rings. The molecule has 0 saturated carbocycles. The molecule has 2 aromatic carbocycles. The van der Waals surface area contributed by atoms with E-state index >= 15 is 0 Å². The molecule has 5 nitrogen and oxygen atoms in total. The number of aromatic nitrogens is 3. The number of anilines is 1. The van der Waals surface area contributed by atoms with Crippen LogP contribution in [0.1, 0.15) is 5.56 Å². The van der Waals surface area contributed by atoms with Gasteiger partial charge in [-0.1, -0.05) is 59.2 Å².